The average molecular weight is 239 g/mol. The van der Waals surface area contributed by atoms with E-state index in [1.54, 1.807) is 0 Å². The van der Waals surface area contributed by atoms with E-state index < -0.39 is 5.85 Å². The van der Waals surface area contributed by atoms with Crippen LogP contribution >= 0.6 is 23.2 Å². The standard InChI is InChI=1S/C7H8Cl2N2O3/c8-4-13-6-1-2-10-7(3-12,11-6)14-5-9/h1-3,11H,4-5H2. The van der Waals surface area contributed by atoms with Crippen LogP contribution in [0.4, 0.5) is 0 Å². The van der Waals surface area contributed by atoms with Crippen molar-refractivity contribution < 1.29 is 14.3 Å². The van der Waals surface area contributed by atoms with Gasteiger partial charge in [0.05, 0.1) is 0 Å². The molecule has 0 fully saturated rings. The van der Waals surface area contributed by atoms with Gasteiger partial charge in [-0.1, -0.05) is 23.2 Å². The van der Waals surface area contributed by atoms with E-state index >= 15 is 0 Å². The molecule has 1 unspecified atom stereocenters. The maximum absolute atomic E-state index is 10.7. The number of hydrogen-bond acceptors (Lipinski definition) is 5. The molecule has 1 aliphatic heterocycles. The Morgan fingerprint density at radius 2 is 2.36 bits per heavy atom. The monoisotopic (exact) mass is 238 g/mol. The van der Waals surface area contributed by atoms with Crippen molar-refractivity contribution in [3.63, 3.8) is 0 Å². The SMILES string of the molecule is O=CC1(OCCl)N=CC=C(OCCl)N1. The molecule has 1 atom stereocenters. The summed E-state index contributed by atoms with van der Waals surface area (Å²) in [6.07, 6.45) is 3.37. The quantitative estimate of drug-likeness (QED) is 0.568. The Labute approximate surface area is 90.7 Å². The molecule has 0 aromatic carbocycles. The van der Waals surface area contributed by atoms with E-state index in [0.29, 0.717) is 12.2 Å². The Morgan fingerprint density at radius 1 is 1.57 bits per heavy atom. The highest BCUT2D eigenvalue weighted by Gasteiger charge is 2.32. The number of rotatable bonds is 5. The molecule has 1 rings (SSSR count). The van der Waals surface area contributed by atoms with Crippen molar-refractivity contribution in [1.29, 1.82) is 0 Å². The van der Waals surface area contributed by atoms with Gasteiger partial charge in [-0.15, -0.1) is 0 Å². The molecule has 1 N–H and O–H groups in total. The summed E-state index contributed by atoms with van der Waals surface area (Å²) in [5.41, 5.74) is 0. The molecule has 0 saturated carbocycles. The first-order valence-corrected chi connectivity index (χ1v) is 4.72. The normalized spacial score (nSPS) is 25.1. The first-order valence-electron chi connectivity index (χ1n) is 3.65. The number of allylic oxidation sites excluding steroid dienone is 1. The van der Waals surface area contributed by atoms with Gasteiger partial charge in [-0.2, -0.15) is 0 Å². The second kappa shape index (κ2) is 5.19. The van der Waals surface area contributed by atoms with Gasteiger partial charge in [-0.3, -0.25) is 4.79 Å². The third kappa shape index (κ3) is 2.60. The first-order chi connectivity index (χ1) is 6.76. The Bertz CT molecular complexity index is 270. The van der Waals surface area contributed by atoms with Gasteiger partial charge in [-0.25, -0.2) is 4.99 Å². The van der Waals surface area contributed by atoms with E-state index in [2.05, 4.69) is 10.3 Å². The van der Waals surface area contributed by atoms with Gasteiger partial charge in [0.15, 0.2) is 18.2 Å². The lowest BCUT2D eigenvalue weighted by Crippen LogP contribution is -2.49. The molecule has 1 aliphatic rings. The molecule has 0 amide bonds. The average Bonchev–Trinajstić information content (AvgIpc) is 2.19. The van der Waals surface area contributed by atoms with Crippen molar-refractivity contribution in [3.05, 3.63) is 12.0 Å². The van der Waals surface area contributed by atoms with Crippen molar-refractivity contribution in [2.75, 3.05) is 12.1 Å². The van der Waals surface area contributed by atoms with E-state index in [0.717, 1.165) is 0 Å². The fraction of sp³-hybridized carbons (Fsp3) is 0.429. The lowest BCUT2D eigenvalue weighted by molar-refractivity contribution is -0.132. The number of carbonyl (C=O) groups is 1. The zero-order valence-electron chi connectivity index (χ0n) is 7.07. The fourth-order valence-corrected chi connectivity index (χ4v) is 1.14. The van der Waals surface area contributed by atoms with Crippen molar-refractivity contribution in [1.82, 2.24) is 5.32 Å². The van der Waals surface area contributed by atoms with Crippen molar-refractivity contribution in [3.8, 4) is 0 Å². The lowest BCUT2D eigenvalue weighted by atomic mass is 10.4. The van der Waals surface area contributed by atoms with Crippen LogP contribution < -0.4 is 5.32 Å². The van der Waals surface area contributed by atoms with Gasteiger partial charge in [0, 0.05) is 12.3 Å². The van der Waals surface area contributed by atoms with Gasteiger partial charge < -0.3 is 14.8 Å². The van der Waals surface area contributed by atoms with Crippen molar-refractivity contribution in [2.24, 2.45) is 4.99 Å². The summed E-state index contributed by atoms with van der Waals surface area (Å²) >= 11 is 10.7. The number of nitrogens with zero attached hydrogens (tertiary/aromatic N) is 1. The van der Waals surface area contributed by atoms with Gasteiger partial charge in [0.1, 0.15) is 6.07 Å². The zero-order valence-corrected chi connectivity index (χ0v) is 8.59. The van der Waals surface area contributed by atoms with Gasteiger partial charge in [0.2, 0.25) is 0 Å². The third-order valence-electron chi connectivity index (χ3n) is 1.44. The molecule has 7 heteroatoms. The molecular formula is C7H8Cl2N2O3. The summed E-state index contributed by atoms with van der Waals surface area (Å²) in [5, 5.41) is 2.60. The molecule has 78 valence electrons. The maximum Gasteiger partial charge on any atom is 0.299 e. The first kappa shape index (κ1) is 11.3. The van der Waals surface area contributed by atoms with E-state index in [-0.39, 0.29) is 12.1 Å². The van der Waals surface area contributed by atoms with Crippen LogP contribution in [0.15, 0.2) is 17.0 Å². The Morgan fingerprint density at radius 3 is 2.93 bits per heavy atom. The molecule has 0 bridgehead atoms. The van der Waals surface area contributed by atoms with E-state index in [9.17, 15) is 4.79 Å². The van der Waals surface area contributed by atoms with Crippen LogP contribution in [0.25, 0.3) is 0 Å². The van der Waals surface area contributed by atoms with Crippen LogP contribution in [0.5, 0.6) is 0 Å². The highest BCUT2D eigenvalue weighted by atomic mass is 35.5. The molecule has 14 heavy (non-hydrogen) atoms. The van der Waals surface area contributed by atoms with E-state index in [4.69, 9.17) is 32.7 Å². The van der Waals surface area contributed by atoms with Crippen molar-refractivity contribution in [2.45, 2.75) is 5.85 Å². The lowest BCUT2D eigenvalue weighted by Gasteiger charge is -2.27. The summed E-state index contributed by atoms with van der Waals surface area (Å²) in [6.45, 7) is 0. The summed E-state index contributed by atoms with van der Waals surface area (Å²) in [5.74, 6) is -1.20. The van der Waals surface area contributed by atoms with Crippen LogP contribution in [0.2, 0.25) is 0 Å². The minimum Gasteiger partial charge on any atom is -0.463 e. The summed E-state index contributed by atoms with van der Waals surface area (Å²) in [7, 11) is 0. The van der Waals surface area contributed by atoms with Gasteiger partial charge in [-0.05, 0) is 0 Å². The van der Waals surface area contributed by atoms with Gasteiger partial charge >= 0.3 is 0 Å². The topological polar surface area (TPSA) is 59.9 Å². The summed E-state index contributed by atoms with van der Waals surface area (Å²) in [4.78, 5) is 14.5. The fourth-order valence-electron chi connectivity index (χ4n) is 0.860. The van der Waals surface area contributed by atoms with Crippen LogP contribution in [-0.4, -0.2) is 30.5 Å². The molecule has 5 nitrogen and oxygen atoms in total. The number of halogens is 2. The maximum atomic E-state index is 10.7. The molecule has 0 aromatic heterocycles. The second-order valence-electron chi connectivity index (χ2n) is 2.26. The number of aliphatic imine (C=N–C) groups is 1. The number of alkyl halides is 2. The predicted molar refractivity (Wildman–Crippen MR) is 52.1 cm³/mol. The van der Waals surface area contributed by atoms with Crippen LogP contribution in [0.1, 0.15) is 0 Å². The number of hydrogen-bond donors (Lipinski definition) is 1. The summed E-state index contributed by atoms with van der Waals surface area (Å²) in [6, 6.07) is -0.209. The molecule has 0 radical (unpaired) electrons. The Kier molecular flexibility index (Phi) is 4.19. The Balaban J connectivity index is 2.70. The van der Waals surface area contributed by atoms with E-state index in [1.807, 2.05) is 0 Å². The molecule has 0 spiro atoms. The van der Waals surface area contributed by atoms with E-state index in [1.165, 1.54) is 12.3 Å². The number of carbonyl (C=O) groups excluding carboxylic acids is 1. The largest absolute Gasteiger partial charge is 0.463 e. The zero-order chi connectivity index (χ0) is 10.4. The Hall–Kier alpha value is -0.780. The number of nitrogens with one attached hydrogen (secondary N) is 1. The molecule has 1 heterocycles. The third-order valence-corrected chi connectivity index (χ3v) is 1.66. The van der Waals surface area contributed by atoms with Crippen molar-refractivity contribution >= 4 is 35.7 Å². The second-order valence-corrected chi connectivity index (χ2v) is 2.69. The summed E-state index contributed by atoms with van der Waals surface area (Å²) < 4.78 is 9.85. The molecule has 0 aliphatic carbocycles. The van der Waals surface area contributed by atoms with Crippen LogP contribution in [-0.2, 0) is 14.3 Å². The highest BCUT2D eigenvalue weighted by Crippen LogP contribution is 2.13. The molecule has 0 saturated heterocycles. The predicted octanol–water partition coefficient (Wildman–Crippen LogP) is 0.780. The molecular weight excluding hydrogens is 231 g/mol. The smallest absolute Gasteiger partial charge is 0.299 e. The minimum atomic E-state index is -1.50. The van der Waals surface area contributed by atoms with Crippen LogP contribution in [0, 0.1) is 0 Å². The van der Waals surface area contributed by atoms with Crippen LogP contribution in [0.3, 0.4) is 0 Å². The highest BCUT2D eigenvalue weighted by molar-refractivity contribution is 6.17. The van der Waals surface area contributed by atoms with Gasteiger partial charge in [0.25, 0.3) is 5.85 Å². The minimum absolute atomic E-state index is 0.0392. The number of ether oxygens (including phenoxy) is 2. The molecule has 0 aromatic rings. The number of aldehydes is 1.